The van der Waals surface area contributed by atoms with Gasteiger partial charge in [0.05, 0.1) is 0 Å². The van der Waals surface area contributed by atoms with E-state index >= 15 is 0 Å². The van der Waals surface area contributed by atoms with Crippen LogP contribution in [0.4, 0.5) is 0 Å². The van der Waals surface area contributed by atoms with Crippen molar-refractivity contribution in [2.24, 2.45) is 0 Å². The molecule has 0 aromatic carbocycles. The van der Waals surface area contributed by atoms with E-state index in [1.54, 1.807) is 3.33 Å². The Bertz CT molecular complexity index is 140. The molecule has 0 spiro atoms. The van der Waals surface area contributed by atoms with Crippen LogP contribution in [-0.4, -0.2) is 0 Å². The molecule has 0 unspecified atom stereocenters. The van der Waals surface area contributed by atoms with E-state index in [0.29, 0.717) is 0 Å². The normalized spacial score (nSPS) is 13.5. The minimum atomic E-state index is 0. The summed E-state index contributed by atoms with van der Waals surface area (Å²) in [4.78, 5) is 0. The molecule has 0 fully saturated rings. The van der Waals surface area contributed by atoms with Gasteiger partial charge in [-0.15, -0.1) is 0 Å². The summed E-state index contributed by atoms with van der Waals surface area (Å²) >= 11 is 1.25. The Morgan fingerprint density at radius 1 is 1.30 bits per heavy atom. The fourth-order valence-corrected chi connectivity index (χ4v) is 1.34. The molecule has 0 nitrogen and oxygen atoms in total. The van der Waals surface area contributed by atoms with Gasteiger partial charge < -0.3 is 50.9 Å². The summed E-state index contributed by atoms with van der Waals surface area (Å²) in [6, 6.07) is 0. The zero-order chi connectivity index (χ0) is 5.28. The molecule has 1 aliphatic carbocycles. The van der Waals surface area contributed by atoms with Crippen LogP contribution < -0.4 is 50.9 Å². The summed E-state index contributed by atoms with van der Waals surface area (Å²) in [7, 11) is 0. The number of rotatable bonds is 0. The topological polar surface area (TPSA) is 0 Å². The van der Waals surface area contributed by atoms with E-state index in [2.05, 4.69) is 19.1 Å². The van der Waals surface area contributed by atoms with Gasteiger partial charge in [-0.05, 0) is 0 Å². The molecular weight excluding hydrogens is 490 g/mol. The molecule has 4 heteroatoms. The monoisotopic (exact) mass is 496 g/mol. The predicted octanol–water partition coefficient (Wildman–Crippen LogP) is -7.22. The van der Waals surface area contributed by atoms with E-state index in [0.717, 1.165) is 0 Å². The molecule has 0 saturated carbocycles. The van der Waals surface area contributed by atoms with Gasteiger partial charge >= 0.3 is 58.8 Å². The molecule has 0 atom stereocenters. The van der Waals surface area contributed by atoms with Crippen molar-refractivity contribution in [3.63, 3.8) is 0 Å². The smallest absolute Gasteiger partial charge is 1.00 e. The molecule has 1 aliphatic rings. The minimum Gasteiger partial charge on any atom is -1.00 e. The van der Waals surface area contributed by atoms with E-state index in [4.69, 9.17) is 0 Å². The van der Waals surface area contributed by atoms with E-state index in [9.17, 15) is 0 Å². The van der Waals surface area contributed by atoms with Crippen molar-refractivity contribution in [3.05, 3.63) is 21.1 Å². The molecule has 10 heavy (non-hydrogen) atoms. The molecule has 1 rings (SSSR count). The van der Waals surface area contributed by atoms with Gasteiger partial charge in [-0.2, -0.15) is 0 Å². The summed E-state index contributed by atoms with van der Waals surface area (Å²) in [5.41, 5.74) is 1.51. The van der Waals surface area contributed by atoms with Crippen LogP contribution >= 0.6 is 0 Å². The van der Waals surface area contributed by atoms with Gasteiger partial charge in [-0.3, -0.25) is 0 Å². The fourth-order valence-electron chi connectivity index (χ4n) is 0.615. The van der Waals surface area contributed by atoms with Crippen LogP contribution in [0.15, 0.2) is 21.1 Å². The van der Waals surface area contributed by atoms with Crippen molar-refractivity contribution in [2.75, 3.05) is 0 Å². The van der Waals surface area contributed by atoms with Crippen LogP contribution in [0.2, 0.25) is 0 Å². The first kappa shape index (κ1) is 17.8. The zero-order valence-electron chi connectivity index (χ0n) is 5.50. The Hall–Kier alpha value is 1.79. The second kappa shape index (κ2) is 8.88. The third-order valence-corrected chi connectivity index (χ3v) is 3.32. The van der Waals surface area contributed by atoms with Gasteiger partial charge in [0.25, 0.3) is 0 Å². The Labute approximate surface area is 108 Å². The Kier molecular flexibility index (Phi) is 15.8. The first-order chi connectivity index (χ1) is 3.30. The summed E-state index contributed by atoms with van der Waals surface area (Å²) in [5, 5.41) is 0. The molecule has 0 aromatic rings. The fraction of sp³-hybridized carbons (Fsp3) is 0.333. The maximum absolute atomic E-state index is 2.23. The number of halogens is 3. The van der Waals surface area contributed by atoms with Crippen molar-refractivity contribution in [1.82, 2.24) is 0 Å². The third kappa shape index (κ3) is 5.44. The standard InChI is InChI=1S/C6H7.3BrH.Hf/c1-6-4-2-3-5-6;;;;/h2,4H,3H2,1H3;3*1H;/q;;;;+3/p-3. The second-order valence-electron chi connectivity index (χ2n) is 1.77. The van der Waals surface area contributed by atoms with Crippen LogP contribution in [0.1, 0.15) is 13.3 Å². The molecule has 0 bridgehead atoms. The number of hydrogen-bond acceptors (Lipinski definition) is 0. The van der Waals surface area contributed by atoms with E-state index in [-0.39, 0.29) is 50.9 Å². The van der Waals surface area contributed by atoms with E-state index < -0.39 is 0 Å². The third-order valence-electron chi connectivity index (χ3n) is 1.17. The van der Waals surface area contributed by atoms with Gasteiger partial charge in [0.15, 0.2) is 0 Å². The van der Waals surface area contributed by atoms with Crippen molar-refractivity contribution in [2.45, 2.75) is 13.3 Å². The Morgan fingerprint density at radius 3 is 1.90 bits per heavy atom. The molecule has 0 aromatic heterocycles. The van der Waals surface area contributed by atoms with E-state index in [1.165, 1.54) is 36.4 Å². The zero-order valence-corrected chi connectivity index (χ0v) is 13.8. The quantitative estimate of drug-likeness (QED) is 0.292. The predicted molar refractivity (Wildman–Crippen MR) is 26.5 cm³/mol. The average molecular weight is 497 g/mol. The van der Waals surface area contributed by atoms with Crippen molar-refractivity contribution < 1.29 is 75.3 Å². The average Bonchev–Trinajstić information content (AvgIpc) is 1.91. The minimum absolute atomic E-state index is 0. The summed E-state index contributed by atoms with van der Waals surface area (Å²) in [6.07, 6.45) is 5.68. The molecular formula is C6H7Br3Hf. The van der Waals surface area contributed by atoms with Crippen LogP contribution in [0.25, 0.3) is 0 Å². The largest absolute Gasteiger partial charge is 1.00 e. The van der Waals surface area contributed by atoms with Crippen LogP contribution in [0.3, 0.4) is 0 Å². The SMILES string of the molecule is CC1=[C]([Hf+3])CC=C1.[Br-].[Br-].[Br-]. The van der Waals surface area contributed by atoms with Crippen molar-refractivity contribution in [1.29, 1.82) is 0 Å². The van der Waals surface area contributed by atoms with Gasteiger partial charge in [-0.25, -0.2) is 0 Å². The van der Waals surface area contributed by atoms with Gasteiger partial charge in [0.2, 0.25) is 0 Å². The summed E-state index contributed by atoms with van der Waals surface area (Å²) in [5.74, 6) is 0. The molecule has 56 valence electrons. The van der Waals surface area contributed by atoms with Gasteiger partial charge in [0.1, 0.15) is 0 Å². The Balaban J connectivity index is -0.000000163. The maximum Gasteiger partial charge on any atom is -1.00 e. The second-order valence-corrected chi connectivity index (χ2v) is 3.94. The van der Waals surface area contributed by atoms with Gasteiger partial charge in [-0.1, -0.05) is 0 Å². The molecule has 0 saturated heterocycles. The molecule has 0 amide bonds. The summed E-state index contributed by atoms with van der Waals surface area (Å²) in [6.45, 7) is 2.19. The molecule has 0 radical (unpaired) electrons. The Morgan fingerprint density at radius 2 is 1.80 bits per heavy atom. The number of allylic oxidation sites excluding steroid dienone is 4. The van der Waals surface area contributed by atoms with Gasteiger partial charge in [0, 0.05) is 0 Å². The molecule has 0 aliphatic heterocycles. The van der Waals surface area contributed by atoms with Crippen LogP contribution in [0.5, 0.6) is 0 Å². The number of hydrogen-bond donors (Lipinski definition) is 0. The molecule has 0 heterocycles. The first-order valence-corrected chi connectivity index (χ1v) is 4.18. The van der Waals surface area contributed by atoms with Crippen molar-refractivity contribution >= 4 is 0 Å². The van der Waals surface area contributed by atoms with Crippen LogP contribution in [0, 0.1) is 0 Å². The maximum atomic E-state index is 2.23. The van der Waals surface area contributed by atoms with Crippen LogP contribution in [-0.2, 0) is 24.4 Å². The summed E-state index contributed by atoms with van der Waals surface area (Å²) < 4.78 is 1.65. The van der Waals surface area contributed by atoms with E-state index in [1.807, 2.05) is 0 Å². The first-order valence-electron chi connectivity index (χ1n) is 2.38. The molecule has 0 N–H and O–H groups in total. The van der Waals surface area contributed by atoms with Crippen molar-refractivity contribution in [3.8, 4) is 0 Å².